The number of carbonyl (C=O) groups is 4. The van der Waals surface area contributed by atoms with E-state index in [9.17, 15) is 24.3 Å². The van der Waals surface area contributed by atoms with Crippen LogP contribution in [0, 0.1) is 5.92 Å². The fraction of sp³-hybridized carbons (Fsp3) is 0.472. The zero-order chi connectivity index (χ0) is 33.4. The SMILES string of the molecule is O=C1CCC(N2C(=O)c3ccc(NC[C@H]4C[C@H](n5cc(-c6cc7nn([C@H]8CC[C@H](O)CC8)cc7cn6)c(C6CC6)n5)C4)cc3C2=O)C(=O)N1. The van der Waals surface area contributed by atoms with Gasteiger partial charge in [0.05, 0.1) is 46.2 Å². The average Bonchev–Trinajstić information content (AvgIpc) is 3.60. The highest BCUT2D eigenvalue weighted by molar-refractivity contribution is 6.23. The van der Waals surface area contributed by atoms with Crippen LogP contribution >= 0.6 is 0 Å². The maximum absolute atomic E-state index is 13.2. The highest BCUT2D eigenvalue weighted by Gasteiger charge is 2.45. The molecule has 1 saturated heterocycles. The molecule has 4 aromatic rings. The number of pyridine rings is 1. The van der Waals surface area contributed by atoms with E-state index < -0.39 is 29.7 Å². The van der Waals surface area contributed by atoms with Crippen molar-refractivity contribution >= 4 is 40.2 Å². The number of hydrogen-bond donors (Lipinski definition) is 3. The van der Waals surface area contributed by atoms with Crippen LogP contribution in [0.1, 0.15) is 109 Å². The lowest BCUT2D eigenvalue weighted by Gasteiger charge is -2.35. The minimum absolute atomic E-state index is 0.0908. The molecule has 0 spiro atoms. The summed E-state index contributed by atoms with van der Waals surface area (Å²) in [5.41, 5.74) is 5.34. The molecule has 0 radical (unpaired) electrons. The fourth-order valence-corrected chi connectivity index (χ4v) is 7.97. The summed E-state index contributed by atoms with van der Waals surface area (Å²) < 4.78 is 4.19. The molecule has 3 aromatic heterocycles. The van der Waals surface area contributed by atoms with Crippen molar-refractivity contribution in [3.63, 3.8) is 0 Å². The molecule has 3 N–H and O–H groups in total. The number of nitrogens with zero attached hydrogens (tertiary/aromatic N) is 6. The summed E-state index contributed by atoms with van der Waals surface area (Å²) in [6.45, 7) is 0.721. The molecule has 3 aliphatic carbocycles. The lowest BCUT2D eigenvalue weighted by atomic mass is 9.80. The van der Waals surface area contributed by atoms with Crippen molar-refractivity contribution < 1.29 is 24.3 Å². The third-order valence-corrected chi connectivity index (χ3v) is 11.1. The number of imide groups is 2. The van der Waals surface area contributed by atoms with E-state index in [0.29, 0.717) is 23.9 Å². The largest absolute Gasteiger partial charge is 0.393 e. The van der Waals surface area contributed by atoms with E-state index in [1.807, 2.05) is 6.20 Å². The number of amides is 4. The monoisotopic (exact) mass is 662 g/mol. The number of anilines is 1. The number of nitrogens with one attached hydrogen (secondary N) is 2. The summed E-state index contributed by atoms with van der Waals surface area (Å²) in [4.78, 5) is 56.0. The van der Waals surface area contributed by atoms with Crippen LogP contribution in [-0.4, -0.2) is 76.9 Å². The predicted molar refractivity (Wildman–Crippen MR) is 178 cm³/mol. The van der Waals surface area contributed by atoms with Crippen molar-refractivity contribution in [3.8, 4) is 11.3 Å². The molecule has 4 amide bonds. The summed E-state index contributed by atoms with van der Waals surface area (Å²) >= 11 is 0. The Hall–Kier alpha value is -4.91. The number of hydrogen-bond acceptors (Lipinski definition) is 9. The fourth-order valence-electron chi connectivity index (χ4n) is 7.97. The first kappa shape index (κ1) is 30.2. The van der Waals surface area contributed by atoms with Gasteiger partial charge in [0.25, 0.3) is 11.8 Å². The smallest absolute Gasteiger partial charge is 0.262 e. The molecule has 1 unspecified atom stereocenters. The van der Waals surface area contributed by atoms with E-state index in [0.717, 1.165) is 96.4 Å². The molecular weight excluding hydrogens is 624 g/mol. The summed E-state index contributed by atoms with van der Waals surface area (Å²) in [7, 11) is 0. The Morgan fingerprint density at radius 1 is 0.837 bits per heavy atom. The van der Waals surface area contributed by atoms with Crippen molar-refractivity contribution in [2.24, 2.45) is 5.92 Å². The number of fused-ring (bicyclic) bond motifs is 2. The van der Waals surface area contributed by atoms with Gasteiger partial charge in [0.1, 0.15) is 6.04 Å². The first-order valence-electron chi connectivity index (χ1n) is 17.5. The Balaban J connectivity index is 0.850. The van der Waals surface area contributed by atoms with Gasteiger partial charge in [0, 0.05) is 54.1 Å². The quantitative estimate of drug-likeness (QED) is 0.236. The van der Waals surface area contributed by atoms with E-state index in [-0.39, 0.29) is 30.1 Å². The lowest BCUT2D eigenvalue weighted by Crippen LogP contribution is -2.54. The Morgan fingerprint density at radius 3 is 2.39 bits per heavy atom. The molecule has 9 rings (SSSR count). The summed E-state index contributed by atoms with van der Waals surface area (Å²) in [5.74, 6) is -1.12. The molecule has 13 nitrogen and oxygen atoms in total. The van der Waals surface area contributed by atoms with Crippen LogP contribution in [-0.2, 0) is 9.59 Å². The first-order valence-corrected chi connectivity index (χ1v) is 17.5. The summed E-state index contributed by atoms with van der Waals surface area (Å²) in [6.07, 6.45) is 13.9. The normalized spacial score (nSPS) is 27.0. The second-order valence-corrected chi connectivity index (χ2v) is 14.5. The zero-order valence-corrected chi connectivity index (χ0v) is 27.0. The second-order valence-electron chi connectivity index (χ2n) is 14.5. The van der Waals surface area contributed by atoms with Gasteiger partial charge in [-0.05, 0) is 88.0 Å². The molecule has 49 heavy (non-hydrogen) atoms. The maximum atomic E-state index is 13.2. The van der Waals surface area contributed by atoms with Crippen LogP contribution in [0.25, 0.3) is 22.2 Å². The van der Waals surface area contributed by atoms with Crippen LogP contribution in [0.4, 0.5) is 5.69 Å². The molecular formula is C36H38N8O5. The third kappa shape index (κ3) is 5.40. The first-order chi connectivity index (χ1) is 23.8. The molecule has 13 heteroatoms. The van der Waals surface area contributed by atoms with E-state index in [4.69, 9.17) is 15.2 Å². The second kappa shape index (κ2) is 11.6. The van der Waals surface area contributed by atoms with Crippen molar-refractivity contribution in [3.05, 3.63) is 59.7 Å². The van der Waals surface area contributed by atoms with Gasteiger partial charge in [0.15, 0.2) is 0 Å². The molecule has 1 aromatic carbocycles. The van der Waals surface area contributed by atoms with Crippen LogP contribution in [0.2, 0.25) is 0 Å². The molecule has 252 valence electrons. The molecule has 4 fully saturated rings. The summed E-state index contributed by atoms with van der Waals surface area (Å²) in [5, 5.41) is 26.6. The van der Waals surface area contributed by atoms with E-state index in [1.165, 1.54) is 0 Å². The molecule has 3 saturated carbocycles. The van der Waals surface area contributed by atoms with E-state index in [1.54, 1.807) is 18.2 Å². The van der Waals surface area contributed by atoms with Crippen molar-refractivity contribution in [2.45, 2.75) is 94.4 Å². The molecule has 1 atom stereocenters. The minimum Gasteiger partial charge on any atom is -0.393 e. The Bertz CT molecular complexity index is 2020. The number of aromatic nitrogens is 5. The lowest BCUT2D eigenvalue weighted by molar-refractivity contribution is -0.136. The van der Waals surface area contributed by atoms with Crippen LogP contribution in [0.15, 0.2) is 42.9 Å². The van der Waals surface area contributed by atoms with Crippen LogP contribution in [0.3, 0.4) is 0 Å². The van der Waals surface area contributed by atoms with Gasteiger partial charge in [-0.1, -0.05) is 0 Å². The van der Waals surface area contributed by atoms with Crippen LogP contribution in [0.5, 0.6) is 0 Å². The van der Waals surface area contributed by atoms with Crippen molar-refractivity contribution in [2.75, 3.05) is 11.9 Å². The van der Waals surface area contributed by atoms with E-state index >= 15 is 0 Å². The van der Waals surface area contributed by atoms with Crippen LogP contribution < -0.4 is 10.6 Å². The Labute approximate surface area is 282 Å². The Morgan fingerprint density at radius 2 is 1.61 bits per heavy atom. The predicted octanol–water partition coefficient (Wildman–Crippen LogP) is 4.11. The zero-order valence-electron chi connectivity index (χ0n) is 27.0. The van der Waals surface area contributed by atoms with Gasteiger partial charge in [-0.2, -0.15) is 10.2 Å². The molecule has 2 aliphatic heterocycles. The number of aliphatic hydroxyl groups is 1. The van der Waals surface area contributed by atoms with Gasteiger partial charge in [0.2, 0.25) is 11.8 Å². The highest BCUT2D eigenvalue weighted by atomic mass is 16.3. The third-order valence-electron chi connectivity index (χ3n) is 11.1. The van der Waals surface area contributed by atoms with Crippen molar-refractivity contribution in [1.82, 2.24) is 34.8 Å². The Kier molecular flexibility index (Phi) is 7.15. The number of benzene rings is 1. The summed E-state index contributed by atoms with van der Waals surface area (Å²) in [6, 6.07) is 6.84. The highest BCUT2D eigenvalue weighted by Crippen LogP contribution is 2.46. The number of carbonyl (C=O) groups excluding carboxylic acids is 4. The van der Waals surface area contributed by atoms with Gasteiger partial charge in [-0.25, -0.2) is 0 Å². The number of aliphatic hydroxyl groups excluding tert-OH is 1. The topological polar surface area (TPSA) is 164 Å². The van der Waals surface area contributed by atoms with E-state index in [2.05, 4.69) is 38.5 Å². The molecule has 0 bridgehead atoms. The van der Waals surface area contributed by atoms with Gasteiger partial charge in [-0.3, -0.25) is 43.7 Å². The average molecular weight is 663 g/mol. The number of piperidine rings is 1. The maximum Gasteiger partial charge on any atom is 0.262 e. The van der Waals surface area contributed by atoms with Gasteiger partial charge < -0.3 is 10.4 Å². The molecule has 5 aliphatic rings. The van der Waals surface area contributed by atoms with Crippen molar-refractivity contribution in [1.29, 1.82) is 0 Å². The number of rotatable bonds is 8. The van der Waals surface area contributed by atoms with Gasteiger partial charge >= 0.3 is 0 Å². The standard InChI is InChI=1S/C36H38N8O5/c45-25-6-4-23(5-7-25)42-17-21-16-38-30(14-29(21)40-42)28-18-43(41-33(28)20-1-2-20)24-11-19(12-24)15-37-22-3-8-26-27(13-22)36(49)44(35(26)48)31-9-10-32(46)39-34(31)47/h3,8,13-14,16-20,23-25,31,37,45H,1-2,4-7,9-12,15H2,(H,39,46,47)/t19-,23-,24-,25-,31?. The molecule has 5 heterocycles. The minimum atomic E-state index is -0.975. The van der Waals surface area contributed by atoms with Gasteiger partial charge in [-0.15, -0.1) is 0 Å².